The number of aromatic nitrogens is 3. The van der Waals surface area contributed by atoms with Crippen molar-refractivity contribution in [3.8, 4) is 11.4 Å². The van der Waals surface area contributed by atoms with Gasteiger partial charge in [-0.3, -0.25) is 0 Å². The Morgan fingerprint density at radius 2 is 2.13 bits per heavy atom. The van der Waals surface area contributed by atoms with Gasteiger partial charge in [0.25, 0.3) is 0 Å². The van der Waals surface area contributed by atoms with Crippen molar-refractivity contribution in [2.75, 3.05) is 5.73 Å². The van der Waals surface area contributed by atoms with E-state index in [2.05, 4.69) is 10.1 Å². The largest absolute Gasteiger partial charge is 0.368 e. The van der Waals surface area contributed by atoms with Gasteiger partial charge in [0.15, 0.2) is 5.82 Å². The van der Waals surface area contributed by atoms with Gasteiger partial charge in [0.1, 0.15) is 0 Å². The van der Waals surface area contributed by atoms with Crippen LogP contribution in [0.4, 0.5) is 5.95 Å². The van der Waals surface area contributed by atoms with E-state index in [-0.39, 0.29) is 0 Å². The first kappa shape index (κ1) is 9.98. The number of halogens is 1. The summed E-state index contributed by atoms with van der Waals surface area (Å²) in [7, 11) is 1.76. The van der Waals surface area contributed by atoms with Crippen LogP contribution in [0.15, 0.2) is 18.2 Å². The molecular weight excluding hydrogens is 212 g/mol. The fourth-order valence-electron chi connectivity index (χ4n) is 1.30. The molecule has 0 atom stereocenters. The molecule has 0 bridgehead atoms. The van der Waals surface area contributed by atoms with Crippen LogP contribution in [0.5, 0.6) is 0 Å². The number of nitrogen functional groups attached to an aromatic ring is 1. The summed E-state index contributed by atoms with van der Waals surface area (Å²) in [4.78, 5) is 4.14. The first-order valence-electron chi connectivity index (χ1n) is 4.51. The highest BCUT2D eigenvalue weighted by Gasteiger charge is 2.07. The summed E-state index contributed by atoms with van der Waals surface area (Å²) in [5.74, 6) is 1.02. The van der Waals surface area contributed by atoms with Crippen molar-refractivity contribution in [1.82, 2.24) is 14.8 Å². The molecule has 1 aromatic carbocycles. The first-order valence-corrected chi connectivity index (χ1v) is 4.89. The van der Waals surface area contributed by atoms with Crippen molar-refractivity contribution in [3.63, 3.8) is 0 Å². The number of hydrogen-bond acceptors (Lipinski definition) is 3. The molecule has 0 fully saturated rings. The maximum Gasteiger partial charge on any atom is 0.218 e. The van der Waals surface area contributed by atoms with E-state index in [1.54, 1.807) is 11.7 Å². The van der Waals surface area contributed by atoms with Gasteiger partial charge in [-0.2, -0.15) is 4.98 Å². The zero-order valence-electron chi connectivity index (χ0n) is 8.53. The van der Waals surface area contributed by atoms with E-state index in [0.29, 0.717) is 11.8 Å². The number of nitrogens with two attached hydrogens (primary N) is 1. The first-order chi connectivity index (χ1) is 7.08. The van der Waals surface area contributed by atoms with Gasteiger partial charge in [-0.25, -0.2) is 4.68 Å². The van der Waals surface area contributed by atoms with Crippen molar-refractivity contribution in [2.45, 2.75) is 6.92 Å². The summed E-state index contributed by atoms with van der Waals surface area (Å²) in [6, 6.07) is 5.65. The molecular formula is C10H11ClN4. The van der Waals surface area contributed by atoms with E-state index in [1.807, 2.05) is 25.1 Å². The molecule has 0 aliphatic rings. The topological polar surface area (TPSA) is 56.7 Å². The SMILES string of the molecule is Cc1cc(-c2nc(N)n(C)n2)ccc1Cl. The predicted octanol–water partition coefficient (Wildman–Crippen LogP) is 2.03. The van der Waals surface area contributed by atoms with Crippen LogP contribution in [-0.4, -0.2) is 14.8 Å². The smallest absolute Gasteiger partial charge is 0.218 e. The second-order valence-corrected chi connectivity index (χ2v) is 3.79. The molecule has 0 aliphatic carbocycles. The van der Waals surface area contributed by atoms with Gasteiger partial charge in [0, 0.05) is 17.6 Å². The molecule has 0 aliphatic heterocycles. The van der Waals surface area contributed by atoms with Gasteiger partial charge in [0.2, 0.25) is 5.95 Å². The average Bonchev–Trinajstić information content (AvgIpc) is 2.52. The number of aryl methyl sites for hydroxylation is 2. The van der Waals surface area contributed by atoms with Gasteiger partial charge in [-0.1, -0.05) is 11.6 Å². The van der Waals surface area contributed by atoms with Crippen molar-refractivity contribution in [3.05, 3.63) is 28.8 Å². The van der Waals surface area contributed by atoms with Crippen LogP contribution in [0.25, 0.3) is 11.4 Å². The van der Waals surface area contributed by atoms with Crippen molar-refractivity contribution in [1.29, 1.82) is 0 Å². The maximum absolute atomic E-state index is 5.93. The highest BCUT2D eigenvalue weighted by molar-refractivity contribution is 6.31. The normalized spacial score (nSPS) is 10.6. The number of nitrogens with zero attached hydrogens (tertiary/aromatic N) is 3. The van der Waals surface area contributed by atoms with E-state index in [1.165, 1.54) is 0 Å². The van der Waals surface area contributed by atoms with Crippen LogP contribution in [0, 0.1) is 6.92 Å². The average molecular weight is 223 g/mol. The molecule has 0 radical (unpaired) electrons. The lowest BCUT2D eigenvalue weighted by molar-refractivity contribution is 0.781. The molecule has 4 nitrogen and oxygen atoms in total. The molecule has 78 valence electrons. The molecule has 0 saturated heterocycles. The van der Waals surface area contributed by atoms with Gasteiger partial charge in [-0.05, 0) is 30.7 Å². The monoisotopic (exact) mass is 222 g/mol. The Kier molecular flexibility index (Phi) is 2.36. The Labute approximate surface area is 92.7 Å². The van der Waals surface area contributed by atoms with Crippen LogP contribution in [0.2, 0.25) is 5.02 Å². The molecule has 0 saturated carbocycles. The molecule has 1 aromatic heterocycles. The second kappa shape index (κ2) is 3.55. The van der Waals surface area contributed by atoms with Crippen LogP contribution in [0.3, 0.4) is 0 Å². The van der Waals surface area contributed by atoms with Crippen LogP contribution < -0.4 is 5.73 Å². The van der Waals surface area contributed by atoms with Gasteiger partial charge < -0.3 is 5.73 Å². The van der Waals surface area contributed by atoms with Gasteiger partial charge in [-0.15, -0.1) is 5.10 Å². The van der Waals surface area contributed by atoms with Gasteiger partial charge >= 0.3 is 0 Å². The Hall–Kier alpha value is -1.55. The summed E-state index contributed by atoms with van der Waals surface area (Å²) in [5.41, 5.74) is 7.53. The number of benzene rings is 1. The maximum atomic E-state index is 5.93. The summed E-state index contributed by atoms with van der Waals surface area (Å²) in [5, 5.41) is 4.93. The summed E-state index contributed by atoms with van der Waals surface area (Å²) in [6.07, 6.45) is 0. The Morgan fingerprint density at radius 1 is 1.40 bits per heavy atom. The Bertz CT molecular complexity index is 485. The molecule has 2 rings (SSSR count). The van der Waals surface area contributed by atoms with Crippen molar-refractivity contribution in [2.24, 2.45) is 7.05 Å². The zero-order chi connectivity index (χ0) is 11.0. The zero-order valence-corrected chi connectivity index (χ0v) is 9.28. The summed E-state index contributed by atoms with van der Waals surface area (Å²) < 4.78 is 1.54. The molecule has 2 N–H and O–H groups in total. The fourth-order valence-corrected chi connectivity index (χ4v) is 1.42. The highest BCUT2D eigenvalue weighted by atomic mass is 35.5. The van der Waals surface area contributed by atoms with E-state index >= 15 is 0 Å². The lowest BCUT2D eigenvalue weighted by atomic mass is 10.1. The lowest BCUT2D eigenvalue weighted by Crippen LogP contribution is -1.97. The van der Waals surface area contributed by atoms with Crippen LogP contribution in [0.1, 0.15) is 5.56 Å². The quantitative estimate of drug-likeness (QED) is 0.803. The molecule has 1 heterocycles. The molecule has 2 aromatic rings. The van der Waals surface area contributed by atoms with Crippen LogP contribution >= 0.6 is 11.6 Å². The molecule has 5 heteroatoms. The highest BCUT2D eigenvalue weighted by Crippen LogP contribution is 2.22. The molecule has 0 amide bonds. The molecule has 0 unspecified atom stereocenters. The van der Waals surface area contributed by atoms with Gasteiger partial charge in [0.05, 0.1) is 0 Å². The third kappa shape index (κ3) is 1.80. The Morgan fingerprint density at radius 3 is 2.67 bits per heavy atom. The summed E-state index contributed by atoms with van der Waals surface area (Å²) in [6.45, 7) is 1.94. The minimum absolute atomic E-state index is 0.401. The second-order valence-electron chi connectivity index (χ2n) is 3.38. The minimum Gasteiger partial charge on any atom is -0.368 e. The standard InChI is InChI=1S/C10H11ClN4/c1-6-5-7(3-4-8(6)11)9-13-10(12)15(2)14-9/h3-5H,1-2H3,(H2,12,13,14). The third-order valence-electron chi connectivity index (χ3n) is 2.21. The molecule has 15 heavy (non-hydrogen) atoms. The fraction of sp³-hybridized carbons (Fsp3) is 0.200. The minimum atomic E-state index is 0.401. The number of rotatable bonds is 1. The third-order valence-corrected chi connectivity index (χ3v) is 2.64. The number of hydrogen-bond donors (Lipinski definition) is 1. The van der Waals surface area contributed by atoms with E-state index in [9.17, 15) is 0 Å². The van der Waals surface area contributed by atoms with Crippen molar-refractivity contribution >= 4 is 17.5 Å². The predicted molar refractivity (Wildman–Crippen MR) is 60.6 cm³/mol. The van der Waals surface area contributed by atoms with Crippen molar-refractivity contribution < 1.29 is 0 Å². The Balaban J connectivity index is 2.49. The lowest BCUT2D eigenvalue weighted by Gasteiger charge is -1.99. The van der Waals surface area contributed by atoms with E-state index < -0.39 is 0 Å². The molecule has 0 spiro atoms. The summed E-state index contributed by atoms with van der Waals surface area (Å²) >= 11 is 5.93. The van der Waals surface area contributed by atoms with E-state index in [0.717, 1.165) is 16.1 Å². The van der Waals surface area contributed by atoms with Crippen LogP contribution in [-0.2, 0) is 7.05 Å². The van der Waals surface area contributed by atoms with E-state index in [4.69, 9.17) is 17.3 Å². The number of anilines is 1.